The number of hydrogen-bond acceptors (Lipinski definition) is 8. The SMILES string of the molecule is CCOc1cc(CNC(=O)c2nnc(C(=O)Nc3ccc(OC)cc3)s2)ccc1OC. The molecule has 9 nitrogen and oxygen atoms in total. The fourth-order valence-electron chi connectivity index (χ4n) is 2.62. The van der Waals surface area contributed by atoms with E-state index in [1.54, 1.807) is 50.6 Å². The van der Waals surface area contributed by atoms with Crippen LogP contribution in [0.1, 0.15) is 32.1 Å². The first-order valence-electron chi connectivity index (χ1n) is 9.40. The van der Waals surface area contributed by atoms with E-state index in [-0.39, 0.29) is 16.6 Å². The van der Waals surface area contributed by atoms with E-state index < -0.39 is 11.8 Å². The van der Waals surface area contributed by atoms with Crippen LogP contribution in [0, 0.1) is 0 Å². The molecule has 2 N–H and O–H groups in total. The largest absolute Gasteiger partial charge is 0.497 e. The lowest BCUT2D eigenvalue weighted by molar-refractivity contribution is 0.0948. The van der Waals surface area contributed by atoms with Crippen molar-refractivity contribution in [2.75, 3.05) is 26.1 Å². The molecular formula is C21H22N4O5S. The molecule has 0 radical (unpaired) electrons. The van der Waals surface area contributed by atoms with Crippen LogP contribution in [0.2, 0.25) is 0 Å². The minimum atomic E-state index is -0.446. The van der Waals surface area contributed by atoms with Gasteiger partial charge in [-0.3, -0.25) is 9.59 Å². The molecule has 0 bridgehead atoms. The smallest absolute Gasteiger partial charge is 0.286 e. The Morgan fingerprint density at radius 3 is 2.29 bits per heavy atom. The molecule has 1 aromatic heterocycles. The Morgan fingerprint density at radius 1 is 0.935 bits per heavy atom. The summed E-state index contributed by atoms with van der Waals surface area (Å²) in [6.07, 6.45) is 0. The number of amides is 2. The molecule has 0 saturated carbocycles. The Bertz CT molecular complexity index is 1050. The monoisotopic (exact) mass is 442 g/mol. The van der Waals surface area contributed by atoms with Crippen LogP contribution in [0.4, 0.5) is 5.69 Å². The zero-order valence-corrected chi connectivity index (χ0v) is 18.1. The number of hydrogen-bond donors (Lipinski definition) is 2. The number of anilines is 1. The lowest BCUT2D eigenvalue weighted by Gasteiger charge is -2.11. The number of benzene rings is 2. The van der Waals surface area contributed by atoms with Gasteiger partial charge in [0.1, 0.15) is 5.75 Å². The van der Waals surface area contributed by atoms with Crippen molar-refractivity contribution in [2.24, 2.45) is 0 Å². The van der Waals surface area contributed by atoms with Crippen LogP contribution >= 0.6 is 11.3 Å². The molecule has 1 heterocycles. The van der Waals surface area contributed by atoms with Gasteiger partial charge in [-0.2, -0.15) is 0 Å². The molecule has 0 aliphatic rings. The van der Waals surface area contributed by atoms with E-state index in [0.717, 1.165) is 16.9 Å². The molecular weight excluding hydrogens is 420 g/mol. The summed E-state index contributed by atoms with van der Waals surface area (Å²) in [5, 5.41) is 13.3. The van der Waals surface area contributed by atoms with Crippen molar-refractivity contribution in [3.63, 3.8) is 0 Å². The van der Waals surface area contributed by atoms with Gasteiger partial charge in [0.25, 0.3) is 11.8 Å². The van der Waals surface area contributed by atoms with E-state index in [1.165, 1.54) is 0 Å². The third-order valence-corrected chi connectivity index (χ3v) is 5.06. The lowest BCUT2D eigenvalue weighted by Crippen LogP contribution is -2.22. The zero-order valence-electron chi connectivity index (χ0n) is 17.3. The Kier molecular flexibility index (Phi) is 7.39. The van der Waals surface area contributed by atoms with E-state index >= 15 is 0 Å². The number of nitrogens with one attached hydrogen (secondary N) is 2. The molecule has 3 aromatic rings. The molecule has 0 fully saturated rings. The van der Waals surface area contributed by atoms with Crippen molar-refractivity contribution >= 4 is 28.8 Å². The Morgan fingerprint density at radius 2 is 1.65 bits per heavy atom. The average molecular weight is 442 g/mol. The van der Waals surface area contributed by atoms with Crippen molar-refractivity contribution in [1.29, 1.82) is 0 Å². The number of methoxy groups -OCH3 is 2. The van der Waals surface area contributed by atoms with Crippen LogP contribution in [0.3, 0.4) is 0 Å². The molecule has 0 saturated heterocycles. The number of rotatable bonds is 9. The predicted octanol–water partition coefficient (Wildman–Crippen LogP) is 3.14. The van der Waals surface area contributed by atoms with Crippen LogP contribution < -0.4 is 24.8 Å². The Hall–Kier alpha value is -3.66. The molecule has 10 heteroatoms. The summed E-state index contributed by atoms with van der Waals surface area (Å²) in [5.41, 5.74) is 1.41. The third kappa shape index (κ3) is 5.70. The van der Waals surface area contributed by atoms with Crippen LogP contribution in [-0.2, 0) is 6.54 Å². The van der Waals surface area contributed by atoms with Gasteiger partial charge in [0, 0.05) is 12.2 Å². The summed E-state index contributed by atoms with van der Waals surface area (Å²) in [6, 6.07) is 12.3. The molecule has 2 aromatic carbocycles. The number of ether oxygens (including phenoxy) is 3. The van der Waals surface area contributed by atoms with Gasteiger partial charge < -0.3 is 24.8 Å². The maximum Gasteiger partial charge on any atom is 0.286 e. The number of carbonyl (C=O) groups excluding carboxylic acids is 2. The fraction of sp³-hybridized carbons (Fsp3) is 0.238. The highest BCUT2D eigenvalue weighted by molar-refractivity contribution is 7.15. The van der Waals surface area contributed by atoms with Crippen molar-refractivity contribution in [3.8, 4) is 17.2 Å². The highest BCUT2D eigenvalue weighted by atomic mass is 32.1. The van der Waals surface area contributed by atoms with Gasteiger partial charge >= 0.3 is 0 Å². The van der Waals surface area contributed by atoms with Gasteiger partial charge in [-0.15, -0.1) is 10.2 Å². The summed E-state index contributed by atoms with van der Waals surface area (Å²) < 4.78 is 15.9. The molecule has 0 unspecified atom stereocenters. The maximum atomic E-state index is 12.4. The third-order valence-electron chi connectivity index (χ3n) is 4.14. The van der Waals surface area contributed by atoms with Crippen molar-refractivity contribution < 1.29 is 23.8 Å². The van der Waals surface area contributed by atoms with Gasteiger partial charge in [0.15, 0.2) is 11.5 Å². The normalized spacial score (nSPS) is 10.3. The van der Waals surface area contributed by atoms with Gasteiger partial charge in [-0.1, -0.05) is 17.4 Å². The van der Waals surface area contributed by atoms with E-state index in [2.05, 4.69) is 20.8 Å². The fourth-order valence-corrected chi connectivity index (χ4v) is 3.28. The number of aromatic nitrogens is 2. The second-order valence-electron chi connectivity index (χ2n) is 6.20. The molecule has 162 valence electrons. The van der Waals surface area contributed by atoms with Gasteiger partial charge in [-0.25, -0.2) is 0 Å². The van der Waals surface area contributed by atoms with Crippen LogP contribution in [0.5, 0.6) is 17.2 Å². The van der Waals surface area contributed by atoms with Gasteiger partial charge in [0.05, 0.1) is 20.8 Å². The predicted molar refractivity (Wildman–Crippen MR) is 116 cm³/mol. The van der Waals surface area contributed by atoms with E-state index in [4.69, 9.17) is 14.2 Å². The molecule has 31 heavy (non-hydrogen) atoms. The van der Waals surface area contributed by atoms with Crippen molar-refractivity contribution in [3.05, 3.63) is 58.0 Å². The van der Waals surface area contributed by atoms with E-state index in [0.29, 0.717) is 29.5 Å². The molecule has 0 aliphatic heterocycles. The standard InChI is InChI=1S/C21H22N4O5S/c1-4-30-17-11-13(5-10-16(17)29-3)12-22-18(26)20-24-25-21(31-20)19(27)23-14-6-8-15(28-2)9-7-14/h5-11H,4,12H2,1-3H3,(H,22,26)(H,23,27). The van der Waals surface area contributed by atoms with Crippen LogP contribution in [0.15, 0.2) is 42.5 Å². The second kappa shape index (κ2) is 10.4. The van der Waals surface area contributed by atoms with Crippen LogP contribution in [0.25, 0.3) is 0 Å². The molecule has 0 atom stereocenters. The highest BCUT2D eigenvalue weighted by Gasteiger charge is 2.18. The second-order valence-corrected chi connectivity index (χ2v) is 7.17. The summed E-state index contributed by atoms with van der Waals surface area (Å²) in [4.78, 5) is 24.8. The number of nitrogens with zero attached hydrogens (tertiary/aromatic N) is 2. The summed E-state index contributed by atoms with van der Waals surface area (Å²) in [5.74, 6) is 1.03. The quantitative estimate of drug-likeness (QED) is 0.524. The maximum absolute atomic E-state index is 12.4. The van der Waals surface area contributed by atoms with Crippen LogP contribution in [-0.4, -0.2) is 42.8 Å². The first-order valence-corrected chi connectivity index (χ1v) is 10.2. The molecule has 0 spiro atoms. The summed E-state index contributed by atoms with van der Waals surface area (Å²) in [6.45, 7) is 2.64. The Labute approximate surface area is 183 Å². The first kappa shape index (κ1) is 22.0. The minimum absolute atomic E-state index is 0.0871. The lowest BCUT2D eigenvalue weighted by atomic mass is 10.2. The first-order chi connectivity index (χ1) is 15.0. The average Bonchev–Trinajstić information content (AvgIpc) is 3.29. The number of carbonyl (C=O) groups is 2. The summed E-state index contributed by atoms with van der Waals surface area (Å²) >= 11 is 0.913. The van der Waals surface area contributed by atoms with Crippen molar-refractivity contribution in [2.45, 2.75) is 13.5 Å². The Balaban J connectivity index is 1.59. The molecule has 3 rings (SSSR count). The summed E-state index contributed by atoms with van der Waals surface area (Å²) in [7, 11) is 3.13. The molecule has 2 amide bonds. The van der Waals surface area contributed by atoms with Gasteiger partial charge in [0.2, 0.25) is 10.0 Å². The van der Waals surface area contributed by atoms with E-state index in [1.807, 2.05) is 13.0 Å². The topological polar surface area (TPSA) is 112 Å². The van der Waals surface area contributed by atoms with Gasteiger partial charge in [-0.05, 0) is 48.9 Å². The zero-order chi connectivity index (χ0) is 22.2. The minimum Gasteiger partial charge on any atom is -0.497 e. The molecule has 0 aliphatic carbocycles. The van der Waals surface area contributed by atoms with Crippen molar-refractivity contribution in [1.82, 2.24) is 15.5 Å². The van der Waals surface area contributed by atoms with E-state index in [9.17, 15) is 9.59 Å². The highest BCUT2D eigenvalue weighted by Crippen LogP contribution is 2.28.